The van der Waals surface area contributed by atoms with Gasteiger partial charge in [0.25, 0.3) is 0 Å². The third-order valence-corrected chi connectivity index (χ3v) is 1.39. The zero-order valence-corrected chi connectivity index (χ0v) is 13.0. The Morgan fingerprint density at radius 1 is 0.688 bits per heavy atom. The fraction of sp³-hybridized carbons (Fsp3) is 0.833. The van der Waals surface area contributed by atoms with Crippen molar-refractivity contribution in [3.05, 3.63) is 11.7 Å². The van der Waals surface area contributed by atoms with E-state index in [1.807, 2.05) is 48.5 Å². The van der Waals surface area contributed by atoms with Gasteiger partial charge in [-0.1, -0.05) is 0 Å². The molecule has 0 fully saturated rings. The Kier molecular flexibility index (Phi) is 10.2. The van der Waals surface area contributed by atoms with Crippen LogP contribution in [0.5, 0.6) is 0 Å². The predicted molar refractivity (Wildman–Crippen MR) is 61.4 cm³/mol. The molecule has 0 radical (unpaired) electrons. The standard InChI is InChI=1S/C12H24O3.Ti/c1-8(2)13-11(7)12(14-9(3)4)15-10(5)6;/h8-10H,1-7H3;/q;+2. The number of ether oxygens (including phenoxy) is 3. The summed E-state index contributed by atoms with van der Waals surface area (Å²) in [5, 5.41) is 0. The molecular weight excluding hydrogens is 240 g/mol. The molecule has 0 aliphatic rings. The molecule has 0 aromatic rings. The minimum atomic E-state index is 0. The Hall–Kier alpha value is -0.146. The second-order valence-corrected chi connectivity index (χ2v) is 4.34. The molecule has 0 atom stereocenters. The summed E-state index contributed by atoms with van der Waals surface area (Å²) in [7, 11) is 0. The van der Waals surface area contributed by atoms with E-state index >= 15 is 0 Å². The topological polar surface area (TPSA) is 27.7 Å². The smallest absolute Gasteiger partial charge is 0.488 e. The van der Waals surface area contributed by atoms with E-state index in [-0.39, 0.29) is 40.0 Å². The van der Waals surface area contributed by atoms with Crippen LogP contribution in [0.3, 0.4) is 0 Å². The molecule has 0 N–H and O–H groups in total. The van der Waals surface area contributed by atoms with Gasteiger partial charge in [-0.05, 0) is 41.5 Å². The molecule has 0 unspecified atom stereocenters. The van der Waals surface area contributed by atoms with E-state index in [1.54, 1.807) is 0 Å². The zero-order valence-electron chi connectivity index (χ0n) is 11.5. The van der Waals surface area contributed by atoms with E-state index in [2.05, 4.69) is 0 Å². The number of rotatable bonds is 6. The van der Waals surface area contributed by atoms with Crippen LogP contribution in [0.25, 0.3) is 0 Å². The van der Waals surface area contributed by atoms with Crippen molar-refractivity contribution in [2.75, 3.05) is 0 Å². The third-order valence-electron chi connectivity index (χ3n) is 1.39. The minimum absolute atomic E-state index is 0. The number of hydrogen-bond donors (Lipinski definition) is 0. The third kappa shape index (κ3) is 9.11. The van der Waals surface area contributed by atoms with Gasteiger partial charge in [-0.15, -0.1) is 0 Å². The Morgan fingerprint density at radius 3 is 1.25 bits per heavy atom. The Bertz CT molecular complexity index is 198. The van der Waals surface area contributed by atoms with Gasteiger partial charge in [0.05, 0.1) is 18.3 Å². The summed E-state index contributed by atoms with van der Waals surface area (Å²) < 4.78 is 16.7. The molecule has 0 aliphatic carbocycles. The van der Waals surface area contributed by atoms with Crippen molar-refractivity contribution in [2.45, 2.75) is 66.8 Å². The first-order valence-corrected chi connectivity index (χ1v) is 5.53. The summed E-state index contributed by atoms with van der Waals surface area (Å²) in [6.45, 7) is 13.7. The van der Waals surface area contributed by atoms with Gasteiger partial charge >= 0.3 is 27.7 Å². The molecule has 0 amide bonds. The molecular formula is C12H24O3Ti+2. The quantitative estimate of drug-likeness (QED) is 0.543. The van der Waals surface area contributed by atoms with Gasteiger partial charge in [-0.2, -0.15) is 0 Å². The molecule has 0 bridgehead atoms. The number of allylic oxidation sites excluding steroid dienone is 1. The average molecular weight is 264 g/mol. The van der Waals surface area contributed by atoms with Gasteiger partial charge in [0.2, 0.25) is 0 Å². The summed E-state index contributed by atoms with van der Waals surface area (Å²) in [6.07, 6.45) is 0.306. The van der Waals surface area contributed by atoms with Crippen molar-refractivity contribution in [1.29, 1.82) is 0 Å². The first-order valence-electron chi connectivity index (χ1n) is 5.53. The molecule has 0 aromatic heterocycles. The largest absolute Gasteiger partial charge is 2.00 e. The molecule has 0 heterocycles. The van der Waals surface area contributed by atoms with Crippen LogP contribution in [0.4, 0.5) is 0 Å². The van der Waals surface area contributed by atoms with E-state index in [1.165, 1.54) is 0 Å². The van der Waals surface area contributed by atoms with E-state index in [4.69, 9.17) is 14.2 Å². The maximum Gasteiger partial charge on any atom is 2.00 e. The van der Waals surface area contributed by atoms with Crippen LogP contribution in [-0.2, 0) is 35.9 Å². The summed E-state index contributed by atoms with van der Waals surface area (Å²) >= 11 is 0. The van der Waals surface area contributed by atoms with E-state index in [0.717, 1.165) is 0 Å². The van der Waals surface area contributed by atoms with E-state index < -0.39 is 0 Å². The van der Waals surface area contributed by atoms with Gasteiger partial charge in [0, 0.05) is 6.92 Å². The summed E-state index contributed by atoms with van der Waals surface area (Å²) in [5.41, 5.74) is 0. The van der Waals surface area contributed by atoms with Crippen molar-refractivity contribution in [1.82, 2.24) is 0 Å². The maximum absolute atomic E-state index is 5.56. The second kappa shape index (κ2) is 8.94. The monoisotopic (exact) mass is 264 g/mol. The molecule has 0 spiro atoms. The molecule has 3 nitrogen and oxygen atoms in total. The fourth-order valence-corrected chi connectivity index (χ4v) is 1.02. The second-order valence-electron chi connectivity index (χ2n) is 4.34. The molecule has 0 saturated carbocycles. The van der Waals surface area contributed by atoms with Crippen LogP contribution >= 0.6 is 0 Å². The fourth-order valence-electron chi connectivity index (χ4n) is 1.02. The molecule has 0 saturated heterocycles. The van der Waals surface area contributed by atoms with Crippen LogP contribution in [-0.4, -0.2) is 18.3 Å². The minimum Gasteiger partial charge on any atom is -0.488 e. The Labute approximate surface area is 114 Å². The van der Waals surface area contributed by atoms with Crippen LogP contribution in [0.15, 0.2) is 11.7 Å². The van der Waals surface area contributed by atoms with Crippen LogP contribution < -0.4 is 0 Å². The zero-order chi connectivity index (χ0) is 12.0. The van der Waals surface area contributed by atoms with Crippen molar-refractivity contribution < 1.29 is 35.9 Å². The Balaban J connectivity index is 0. The molecule has 92 valence electrons. The van der Waals surface area contributed by atoms with E-state index in [9.17, 15) is 0 Å². The van der Waals surface area contributed by atoms with Crippen molar-refractivity contribution in [2.24, 2.45) is 0 Å². The SMILES string of the molecule is CC(OC(C)C)=C(OC(C)C)OC(C)C.[Ti+2]. The van der Waals surface area contributed by atoms with Crippen LogP contribution in [0, 0.1) is 0 Å². The summed E-state index contributed by atoms with van der Waals surface area (Å²) in [6, 6.07) is 0. The molecule has 0 aromatic carbocycles. The van der Waals surface area contributed by atoms with Gasteiger partial charge in [0.15, 0.2) is 5.76 Å². The van der Waals surface area contributed by atoms with E-state index in [0.29, 0.717) is 11.7 Å². The van der Waals surface area contributed by atoms with Crippen LogP contribution in [0.2, 0.25) is 0 Å². The average Bonchev–Trinajstić information content (AvgIpc) is 1.99. The Morgan fingerprint density at radius 2 is 1.00 bits per heavy atom. The maximum atomic E-state index is 5.56. The van der Waals surface area contributed by atoms with Gasteiger partial charge < -0.3 is 14.2 Å². The first kappa shape index (κ1) is 18.2. The summed E-state index contributed by atoms with van der Waals surface area (Å²) in [4.78, 5) is 0. The van der Waals surface area contributed by atoms with Gasteiger partial charge in [0.1, 0.15) is 0 Å². The van der Waals surface area contributed by atoms with Crippen molar-refractivity contribution >= 4 is 0 Å². The number of hydrogen-bond acceptors (Lipinski definition) is 3. The molecule has 0 aliphatic heterocycles. The first-order chi connectivity index (χ1) is 6.82. The summed E-state index contributed by atoms with van der Waals surface area (Å²) in [5.74, 6) is 1.20. The van der Waals surface area contributed by atoms with Crippen molar-refractivity contribution in [3.63, 3.8) is 0 Å². The molecule has 4 heteroatoms. The van der Waals surface area contributed by atoms with Gasteiger partial charge in [-0.25, -0.2) is 0 Å². The van der Waals surface area contributed by atoms with Crippen LogP contribution in [0.1, 0.15) is 48.5 Å². The predicted octanol–water partition coefficient (Wildman–Crippen LogP) is 3.45. The molecule has 16 heavy (non-hydrogen) atoms. The normalized spacial score (nSPS) is 10.1. The van der Waals surface area contributed by atoms with Gasteiger partial charge in [-0.3, -0.25) is 0 Å². The molecule has 0 rings (SSSR count). The van der Waals surface area contributed by atoms with Crippen molar-refractivity contribution in [3.8, 4) is 0 Å².